The molecule has 0 aromatic heterocycles. The van der Waals surface area contributed by atoms with Crippen molar-refractivity contribution in [2.24, 2.45) is 4.99 Å². The van der Waals surface area contributed by atoms with E-state index in [1.165, 1.54) is 0 Å². The second kappa shape index (κ2) is 10.6. The molecule has 1 amide bonds. The molecular weight excluding hydrogens is 300 g/mol. The molecule has 128 valence electrons. The molecule has 3 unspecified atom stereocenters. The van der Waals surface area contributed by atoms with E-state index in [-0.39, 0.29) is 23.7 Å². The lowest BCUT2D eigenvalue weighted by Gasteiger charge is -2.30. The van der Waals surface area contributed by atoms with Gasteiger partial charge < -0.3 is 16.0 Å². The Hall–Kier alpha value is -1.11. The molecule has 1 aliphatic rings. The van der Waals surface area contributed by atoms with E-state index in [1.807, 2.05) is 20.8 Å². The minimum Gasteiger partial charge on any atom is -0.357 e. The number of hydrogen-bond acceptors (Lipinski definition) is 3. The number of nitrogens with zero attached hydrogens (tertiary/aromatic N) is 1. The first-order valence-electron chi connectivity index (χ1n) is 8.29. The maximum atomic E-state index is 12.0. The van der Waals surface area contributed by atoms with Crippen molar-refractivity contribution in [3.63, 3.8) is 0 Å². The summed E-state index contributed by atoms with van der Waals surface area (Å²) in [4.78, 5) is 15.8. The molecule has 7 heteroatoms. The first-order valence-corrected chi connectivity index (χ1v) is 9.67. The van der Waals surface area contributed by atoms with Gasteiger partial charge in [0.15, 0.2) is 5.96 Å². The lowest BCUT2D eigenvalue weighted by molar-refractivity contribution is -0.119. The van der Waals surface area contributed by atoms with E-state index in [1.54, 1.807) is 0 Å². The van der Waals surface area contributed by atoms with Crippen molar-refractivity contribution in [3.8, 4) is 0 Å². The molecule has 0 spiro atoms. The van der Waals surface area contributed by atoms with Crippen LogP contribution in [0.25, 0.3) is 0 Å². The Balaban J connectivity index is 2.56. The fourth-order valence-corrected chi connectivity index (χ4v) is 4.02. The van der Waals surface area contributed by atoms with Crippen LogP contribution in [-0.4, -0.2) is 52.8 Å². The van der Waals surface area contributed by atoms with Crippen molar-refractivity contribution in [3.05, 3.63) is 0 Å². The Kier molecular flexibility index (Phi) is 9.11. The van der Waals surface area contributed by atoms with Crippen LogP contribution in [0.1, 0.15) is 46.5 Å². The molecule has 0 bridgehead atoms. The molecule has 1 saturated carbocycles. The van der Waals surface area contributed by atoms with Gasteiger partial charge in [0.05, 0.1) is 0 Å². The van der Waals surface area contributed by atoms with Gasteiger partial charge in [-0.3, -0.25) is 9.00 Å². The Morgan fingerprint density at radius 1 is 1.18 bits per heavy atom. The van der Waals surface area contributed by atoms with Crippen molar-refractivity contribution in [1.29, 1.82) is 0 Å². The number of carbonyl (C=O) groups excluding carboxylic acids is 1. The SMILES string of the molecule is CCNC(=O)CN=C(NCC)NC1CCCC(S(=O)CC)C1. The zero-order valence-corrected chi connectivity index (χ0v) is 14.8. The Morgan fingerprint density at radius 3 is 2.55 bits per heavy atom. The van der Waals surface area contributed by atoms with Crippen LogP contribution in [0.4, 0.5) is 0 Å². The van der Waals surface area contributed by atoms with E-state index in [9.17, 15) is 9.00 Å². The van der Waals surface area contributed by atoms with Gasteiger partial charge in [0.2, 0.25) is 5.91 Å². The molecule has 0 heterocycles. The van der Waals surface area contributed by atoms with Gasteiger partial charge in [0.25, 0.3) is 0 Å². The molecule has 6 nitrogen and oxygen atoms in total. The molecule has 0 aromatic rings. The first-order chi connectivity index (χ1) is 10.6. The number of aliphatic imine (C=N–C) groups is 1. The predicted molar refractivity (Wildman–Crippen MR) is 92.5 cm³/mol. The van der Waals surface area contributed by atoms with Crippen LogP contribution in [0.3, 0.4) is 0 Å². The minimum atomic E-state index is -0.731. The van der Waals surface area contributed by atoms with E-state index in [0.29, 0.717) is 12.5 Å². The monoisotopic (exact) mass is 330 g/mol. The lowest BCUT2D eigenvalue weighted by atomic mass is 9.95. The van der Waals surface area contributed by atoms with Gasteiger partial charge in [0, 0.05) is 40.9 Å². The summed E-state index contributed by atoms with van der Waals surface area (Å²) in [6, 6.07) is 0.279. The zero-order valence-electron chi connectivity index (χ0n) is 14.0. The van der Waals surface area contributed by atoms with E-state index >= 15 is 0 Å². The summed E-state index contributed by atoms with van der Waals surface area (Å²) < 4.78 is 12.0. The molecule has 1 rings (SSSR count). The van der Waals surface area contributed by atoms with E-state index in [0.717, 1.165) is 38.0 Å². The number of nitrogens with one attached hydrogen (secondary N) is 3. The summed E-state index contributed by atoms with van der Waals surface area (Å²) in [6.45, 7) is 7.36. The molecule has 1 fully saturated rings. The fourth-order valence-electron chi connectivity index (χ4n) is 2.67. The van der Waals surface area contributed by atoms with Gasteiger partial charge >= 0.3 is 0 Å². The average molecular weight is 330 g/mol. The van der Waals surface area contributed by atoms with Crippen molar-refractivity contribution < 1.29 is 9.00 Å². The van der Waals surface area contributed by atoms with Gasteiger partial charge in [-0.1, -0.05) is 13.3 Å². The third-order valence-corrected chi connectivity index (χ3v) is 5.46. The Bertz CT molecular complexity index is 401. The van der Waals surface area contributed by atoms with Crippen molar-refractivity contribution >= 4 is 22.7 Å². The predicted octanol–water partition coefficient (Wildman–Crippen LogP) is 0.757. The second-order valence-corrected chi connectivity index (χ2v) is 7.45. The van der Waals surface area contributed by atoms with Crippen molar-refractivity contribution in [2.45, 2.75) is 57.7 Å². The summed E-state index contributed by atoms with van der Waals surface area (Å²) in [5.74, 6) is 1.32. The summed E-state index contributed by atoms with van der Waals surface area (Å²) in [7, 11) is -0.731. The standard InChI is InChI=1S/C15H30N4O2S/c1-4-16-14(20)11-18-15(17-5-2)19-12-8-7-9-13(10-12)22(21)6-3/h12-13H,4-11H2,1-3H3,(H,16,20)(H2,17,18,19). The largest absolute Gasteiger partial charge is 0.357 e. The lowest BCUT2D eigenvalue weighted by Crippen LogP contribution is -2.47. The van der Waals surface area contributed by atoms with Crippen molar-refractivity contribution in [1.82, 2.24) is 16.0 Å². The maximum Gasteiger partial charge on any atom is 0.241 e. The topological polar surface area (TPSA) is 82.6 Å². The van der Waals surface area contributed by atoms with Gasteiger partial charge in [-0.05, 0) is 33.1 Å². The second-order valence-electron chi connectivity index (χ2n) is 5.45. The molecule has 0 aliphatic heterocycles. The quantitative estimate of drug-likeness (QED) is 0.475. The van der Waals surface area contributed by atoms with Crippen LogP contribution in [0, 0.1) is 0 Å². The number of rotatable bonds is 7. The minimum absolute atomic E-state index is 0.0756. The van der Waals surface area contributed by atoms with Crippen LogP contribution in [0.15, 0.2) is 4.99 Å². The Labute approximate surface area is 136 Å². The molecule has 0 saturated heterocycles. The molecule has 22 heavy (non-hydrogen) atoms. The van der Waals surface area contributed by atoms with E-state index in [2.05, 4.69) is 20.9 Å². The van der Waals surface area contributed by atoms with Gasteiger partial charge in [-0.25, -0.2) is 4.99 Å². The third-order valence-electron chi connectivity index (χ3n) is 3.72. The number of likely N-dealkylation sites (N-methyl/N-ethyl adjacent to an activating group) is 1. The Morgan fingerprint density at radius 2 is 1.91 bits per heavy atom. The molecular formula is C15H30N4O2S. The fraction of sp³-hybridized carbons (Fsp3) is 0.867. The highest BCUT2D eigenvalue weighted by Crippen LogP contribution is 2.22. The van der Waals surface area contributed by atoms with E-state index < -0.39 is 10.8 Å². The molecule has 3 N–H and O–H groups in total. The van der Waals surface area contributed by atoms with Crippen LogP contribution in [0.5, 0.6) is 0 Å². The smallest absolute Gasteiger partial charge is 0.241 e. The van der Waals surface area contributed by atoms with Crippen LogP contribution >= 0.6 is 0 Å². The number of hydrogen-bond donors (Lipinski definition) is 3. The highest BCUT2D eigenvalue weighted by Gasteiger charge is 2.26. The maximum absolute atomic E-state index is 12.0. The van der Waals surface area contributed by atoms with E-state index in [4.69, 9.17) is 0 Å². The number of amides is 1. The number of guanidine groups is 1. The summed E-state index contributed by atoms with van der Waals surface area (Å²) in [5, 5.41) is 9.57. The third kappa shape index (κ3) is 6.77. The van der Waals surface area contributed by atoms with Crippen LogP contribution in [0.2, 0.25) is 0 Å². The molecule has 0 radical (unpaired) electrons. The molecule has 1 aliphatic carbocycles. The normalized spacial score (nSPS) is 23.7. The molecule has 3 atom stereocenters. The summed E-state index contributed by atoms with van der Waals surface area (Å²) in [5.41, 5.74) is 0. The highest BCUT2D eigenvalue weighted by molar-refractivity contribution is 7.85. The summed E-state index contributed by atoms with van der Waals surface area (Å²) in [6.07, 6.45) is 4.10. The van der Waals surface area contributed by atoms with Crippen LogP contribution < -0.4 is 16.0 Å². The zero-order chi connectivity index (χ0) is 16.4. The van der Waals surface area contributed by atoms with Crippen LogP contribution in [-0.2, 0) is 15.6 Å². The summed E-state index contributed by atoms with van der Waals surface area (Å²) >= 11 is 0. The van der Waals surface area contributed by atoms with Gasteiger partial charge in [0.1, 0.15) is 6.54 Å². The highest BCUT2D eigenvalue weighted by atomic mass is 32.2. The van der Waals surface area contributed by atoms with Gasteiger partial charge in [-0.15, -0.1) is 0 Å². The molecule has 0 aromatic carbocycles. The average Bonchev–Trinajstić information content (AvgIpc) is 2.52. The first kappa shape index (κ1) is 18.9. The van der Waals surface area contributed by atoms with Gasteiger partial charge in [-0.2, -0.15) is 0 Å². The van der Waals surface area contributed by atoms with Crippen molar-refractivity contribution in [2.75, 3.05) is 25.4 Å². The number of carbonyl (C=O) groups is 1.